The fraction of sp³-hybridized carbons (Fsp3) is 0.0800. The van der Waals surface area contributed by atoms with Gasteiger partial charge in [-0.15, -0.1) is 0 Å². The number of carbonyl (C=O) groups excluding carboxylic acids is 2. The Hall–Kier alpha value is -4.39. The third kappa shape index (κ3) is 6.30. The van der Waals surface area contributed by atoms with Crippen molar-refractivity contribution in [1.29, 1.82) is 0 Å². The number of hydrogen-bond donors (Lipinski definition) is 3. The van der Waals surface area contributed by atoms with Crippen molar-refractivity contribution in [2.24, 2.45) is 5.10 Å². The second-order valence-corrected chi connectivity index (χ2v) is 7.16. The van der Waals surface area contributed by atoms with Gasteiger partial charge in [-0.3, -0.25) is 9.59 Å². The molecule has 7 heteroatoms. The first-order valence-corrected chi connectivity index (χ1v) is 9.90. The number of nitrogens with one attached hydrogen (secondary N) is 2. The molecule has 0 unspecified atom stereocenters. The van der Waals surface area contributed by atoms with Crippen LogP contribution in [0.4, 0.5) is 5.69 Å². The zero-order valence-corrected chi connectivity index (χ0v) is 17.8. The molecule has 7 nitrogen and oxygen atoms in total. The topological polar surface area (TPSA) is 94.0 Å². The Morgan fingerprint density at radius 2 is 1.62 bits per heavy atom. The Bertz CT molecular complexity index is 1140. The number of hydrogen-bond acceptors (Lipinski definition) is 5. The Morgan fingerprint density at radius 1 is 0.906 bits per heavy atom. The van der Waals surface area contributed by atoms with Gasteiger partial charge in [-0.05, 0) is 53.6 Å². The summed E-state index contributed by atoms with van der Waals surface area (Å²) in [5, 5.41) is 16.1. The van der Waals surface area contributed by atoms with Crippen LogP contribution in [-0.4, -0.2) is 37.2 Å². The number of amides is 2. The van der Waals surface area contributed by atoms with Gasteiger partial charge in [-0.1, -0.05) is 42.5 Å². The minimum Gasteiger partial charge on any atom is -0.508 e. The van der Waals surface area contributed by atoms with Crippen LogP contribution in [0, 0.1) is 0 Å². The van der Waals surface area contributed by atoms with E-state index in [1.54, 1.807) is 42.5 Å². The summed E-state index contributed by atoms with van der Waals surface area (Å²) in [5.41, 5.74) is 5.26. The Kier molecular flexibility index (Phi) is 7.37. The van der Waals surface area contributed by atoms with Crippen molar-refractivity contribution >= 4 is 29.8 Å². The van der Waals surface area contributed by atoms with Gasteiger partial charge in [0.1, 0.15) is 11.4 Å². The van der Waals surface area contributed by atoms with E-state index in [1.165, 1.54) is 18.3 Å². The SMILES string of the molecule is CN(C)c1ccc(/C=C(/NC(=O)c2ccccc2)C(=O)N/N=C\c2cccc(O)c2)cc1. The molecular formula is C25H24N4O3. The van der Waals surface area contributed by atoms with E-state index in [4.69, 9.17) is 0 Å². The number of carbonyl (C=O) groups is 2. The third-order valence-corrected chi connectivity index (χ3v) is 4.50. The van der Waals surface area contributed by atoms with Crippen LogP contribution in [0.15, 0.2) is 89.7 Å². The lowest BCUT2D eigenvalue weighted by molar-refractivity contribution is -0.117. The fourth-order valence-corrected chi connectivity index (χ4v) is 2.81. The maximum absolute atomic E-state index is 12.8. The first-order valence-electron chi connectivity index (χ1n) is 9.90. The molecule has 0 atom stereocenters. The standard InChI is InChI=1S/C25H24N4O3/c1-29(2)21-13-11-18(12-14-21)16-23(27-24(31)20-8-4-3-5-9-20)25(32)28-26-17-19-7-6-10-22(30)15-19/h3-17,30H,1-2H3,(H,27,31)(H,28,32)/b23-16+,26-17-. The monoisotopic (exact) mass is 428 g/mol. The number of phenols is 1. The smallest absolute Gasteiger partial charge is 0.287 e. The van der Waals surface area contributed by atoms with Crippen molar-refractivity contribution in [2.45, 2.75) is 0 Å². The van der Waals surface area contributed by atoms with Gasteiger partial charge in [0.25, 0.3) is 11.8 Å². The van der Waals surface area contributed by atoms with Crippen LogP contribution in [-0.2, 0) is 4.79 Å². The molecule has 0 aliphatic carbocycles. The predicted octanol–water partition coefficient (Wildman–Crippen LogP) is 3.38. The van der Waals surface area contributed by atoms with Gasteiger partial charge in [0.15, 0.2) is 0 Å². The van der Waals surface area contributed by atoms with Crippen LogP contribution < -0.4 is 15.6 Å². The molecule has 2 amide bonds. The summed E-state index contributed by atoms with van der Waals surface area (Å²) in [7, 11) is 3.88. The molecular weight excluding hydrogens is 404 g/mol. The molecule has 32 heavy (non-hydrogen) atoms. The number of hydrazone groups is 1. The van der Waals surface area contributed by atoms with Crippen molar-refractivity contribution in [2.75, 3.05) is 19.0 Å². The normalized spacial score (nSPS) is 11.2. The van der Waals surface area contributed by atoms with Crippen molar-refractivity contribution in [1.82, 2.24) is 10.7 Å². The van der Waals surface area contributed by atoms with Gasteiger partial charge in [-0.2, -0.15) is 5.10 Å². The predicted molar refractivity (Wildman–Crippen MR) is 126 cm³/mol. The molecule has 0 heterocycles. The summed E-state index contributed by atoms with van der Waals surface area (Å²) in [6.07, 6.45) is 2.99. The number of phenolic OH excluding ortho intramolecular Hbond substituents is 1. The fourth-order valence-electron chi connectivity index (χ4n) is 2.81. The van der Waals surface area contributed by atoms with Crippen LogP contribution in [0.2, 0.25) is 0 Å². The second kappa shape index (κ2) is 10.6. The average Bonchev–Trinajstić information content (AvgIpc) is 2.79. The summed E-state index contributed by atoms with van der Waals surface area (Å²) in [6, 6.07) is 22.6. The molecule has 3 rings (SSSR count). The van der Waals surface area contributed by atoms with Gasteiger partial charge >= 0.3 is 0 Å². The highest BCUT2D eigenvalue weighted by molar-refractivity contribution is 6.05. The van der Waals surface area contributed by atoms with E-state index in [0.717, 1.165) is 11.3 Å². The Labute approximate surface area is 186 Å². The summed E-state index contributed by atoms with van der Waals surface area (Å²) in [4.78, 5) is 27.4. The lowest BCUT2D eigenvalue weighted by Gasteiger charge is -2.12. The highest BCUT2D eigenvalue weighted by Gasteiger charge is 2.14. The Balaban J connectivity index is 1.81. The first kappa shape index (κ1) is 22.3. The van der Waals surface area contributed by atoms with Crippen molar-refractivity contribution in [3.8, 4) is 5.75 Å². The summed E-state index contributed by atoms with van der Waals surface area (Å²) in [5.74, 6) is -0.895. The minimum atomic E-state index is -0.581. The largest absolute Gasteiger partial charge is 0.508 e. The van der Waals surface area contributed by atoms with Gasteiger partial charge < -0.3 is 15.3 Å². The van der Waals surface area contributed by atoms with E-state index in [1.807, 2.05) is 49.3 Å². The van der Waals surface area contributed by atoms with E-state index < -0.39 is 11.8 Å². The molecule has 0 spiro atoms. The maximum Gasteiger partial charge on any atom is 0.287 e. The zero-order chi connectivity index (χ0) is 22.9. The number of anilines is 1. The van der Waals surface area contributed by atoms with Crippen molar-refractivity contribution in [3.05, 3.63) is 101 Å². The van der Waals surface area contributed by atoms with Crippen LogP contribution in [0.25, 0.3) is 6.08 Å². The number of rotatable bonds is 7. The number of nitrogens with zero attached hydrogens (tertiary/aromatic N) is 2. The molecule has 3 N–H and O–H groups in total. The van der Waals surface area contributed by atoms with E-state index in [9.17, 15) is 14.7 Å². The molecule has 0 aliphatic rings. The first-order chi connectivity index (χ1) is 15.4. The molecule has 162 valence electrons. The molecule has 0 saturated heterocycles. The molecule has 3 aromatic rings. The van der Waals surface area contributed by atoms with Crippen LogP contribution in [0.1, 0.15) is 21.5 Å². The van der Waals surface area contributed by atoms with E-state index in [-0.39, 0.29) is 11.4 Å². The summed E-state index contributed by atoms with van der Waals surface area (Å²) < 4.78 is 0. The van der Waals surface area contributed by atoms with E-state index in [0.29, 0.717) is 11.1 Å². The van der Waals surface area contributed by atoms with E-state index >= 15 is 0 Å². The van der Waals surface area contributed by atoms with Gasteiger partial charge in [0.05, 0.1) is 6.21 Å². The lowest BCUT2D eigenvalue weighted by Crippen LogP contribution is -2.32. The van der Waals surface area contributed by atoms with Crippen molar-refractivity contribution < 1.29 is 14.7 Å². The molecule has 0 fully saturated rings. The van der Waals surface area contributed by atoms with Gasteiger partial charge in [-0.25, -0.2) is 5.43 Å². The van der Waals surface area contributed by atoms with Crippen LogP contribution in [0.3, 0.4) is 0 Å². The zero-order valence-electron chi connectivity index (χ0n) is 17.8. The van der Waals surface area contributed by atoms with Crippen molar-refractivity contribution in [3.63, 3.8) is 0 Å². The molecule has 0 aliphatic heterocycles. The second-order valence-electron chi connectivity index (χ2n) is 7.16. The molecule has 3 aromatic carbocycles. The van der Waals surface area contributed by atoms with E-state index in [2.05, 4.69) is 15.8 Å². The highest BCUT2D eigenvalue weighted by Crippen LogP contribution is 2.15. The summed E-state index contributed by atoms with van der Waals surface area (Å²) >= 11 is 0. The highest BCUT2D eigenvalue weighted by atomic mass is 16.3. The lowest BCUT2D eigenvalue weighted by atomic mass is 10.1. The minimum absolute atomic E-state index is 0.0458. The third-order valence-electron chi connectivity index (χ3n) is 4.50. The summed E-state index contributed by atoms with van der Waals surface area (Å²) in [6.45, 7) is 0. The maximum atomic E-state index is 12.8. The van der Waals surface area contributed by atoms with Gasteiger partial charge in [0, 0.05) is 25.3 Å². The molecule has 0 radical (unpaired) electrons. The van der Waals surface area contributed by atoms with Gasteiger partial charge in [0.2, 0.25) is 0 Å². The molecule has 0 saturated carbocycles. The van der Waals surface area contributed by atoms with Crippen LogP contribution >= 0.6 is 0 Å². The number of aromatic hydroxyl groups is 1. The molecule has 0 aromatic heterocycles. The number of benzene rings is 3. The Morgan fingerprint density at radius 3 is 2.28 bits per heavy atom. The average molecular weight is 428 g/mol. The molecule has 0 bridgehead atoms. The van der Waals surface area contributed by atoms with Crippen LogP contribution in [0.5, 0.6) is 5.75 Å². The quantitative estimate of drug-likeness (QED) is 0.306.